The van der Waals surface area contributed by atoms with Gasteiger partial charge in [-0.1, -0.05) is 25.0 Å². The first-order chi connectivity index (χ1) is 17.4. The zero-order chi connectivity index (χ0) is 26.5. The molecule has 2 N–H and O–H groups in total. The van der Waals surface area contributed by atoms with Gasteiger partial charge in [0.05, 0.1) is 11.9 Å². The fourth-order valence-electron chi connectivity index (χ4n) is 5.30. The molecule has 1 aliphatic carbocycles. The van der Waals surface area contributed by atoms with Crippen LogP contribution in [0.5, 0.6) is 0 Å². The molecule has 3 atom stereocenters. The quantitative estimate of drug-likeness (QED) is 0.547. The van der Waals surface area contributed by atoms with Gasteiger partial charge in [0, 0.05) is 24.2 Å². The van der Waals surface area contributed by atoms with Crippen LogP contribution >= 0.6 is 0 Å². The summed E-state index contributed by atoms with van der Waals surface area (Å²) in [7, 11) is -8.00. The number of ketones is 1. The Labute approximate surface area is 214 Å². The van der Waals surface area contributed by atoms with Crippen molar-refractivity contribution < 1.29 is 30.8 Å². The lowest BCUT2D eigenvalue weighted by atomic mass is 9.73. The van der Waals surface area contributed by atoms with Crippen molar-refractivity contribution in [2.45, 2.75) is 43.2 Å². The van der Waals surface area contributed by atoms with Crippen LogP contribution in [-0.2, 0) is 36.2 Å². The molecule has 1 saturated carbocycles. The highest BCUT2D eigenvalue weighted by Crippen LogP contribution is 2.39. The summed E-state index contributed by atoms with van der Waals surface area (Å²) in [6, 6.07) is 9.27. The first kappa shape index (κ1) is 25.3. The third-order valence-corrected chi connectivity index (χ3v) is 8.83. The topological polar surface area (TPSA) is 142 Å². The van der Waals surface area contributed by atoms with E-state index in [1.807, 2.05) is 0 Å². The molecule has 2 fully saturated rings. The van der Waals surface area contributed by atoms with Crippen LogP contribution in [0.15, 0.2) is 51.8 Å². The van der Waals surface area contributed by atoms with E-state index in [0.29, 0.717) is 18.4 Å². The number of halogens is 1. The van der Waals surface area contributed by atoms with Gasteiger partial charge in [-0.15, -0.1) is 4.40 Å². The Balaban J connectivity index is 1.50. The number of hydrogen-bond donors (Lipinski definition) is 2. The highest BCUT2D eigenvalue weighted by Gasteiger charge is 2.51. The van der Waals surface area contributed by atoms with Gasteiger partial charge in [0.15, 0.2) is 11.7 Å². The van der Waals surface area contributed by atoms with E-state index in [2.05, 4.69) is 14.4 Å². The number of carbonyl (C=O) groups excluding carboxylic acids is 2. The van der Waals surface area contributed by atoms with Crippen molar-refractivity contribution in [2.75, 3.05) is 16.3 Å². The van der Waals surface area contributed by atoms with Gasteiger partial charge in [-0.05, 0) is 48.7 Å². The molecule has 10 nitrogen and oxygen atoms in total. The number of benzene rings is 2. The van der Waals surface area contributed by atoms with Gasteiger partial charge in [0.25, 0.3) is 10.0 Å². The number of likely N-dealkylation sites (tertiary alicyclic amines) is 1. The van der Waals surface area contributed by atoms with E-state index in [-0.39, 0.29) is 40.5 Å². The lowest BCUT2D eigenvalue weighted by molar-refractivity contribution is -0.152. The summed E-state index contributed by atoms with van der Waals surface area (Å²) in [5, 5.41) is 2.84. The fourth-order valence-corrected chi connectivity index (χ4v) is 7.03. The maximum absolute atomic E-state index is 13.7. The van der Waals surface area contributed by atoms with E-state index in [1.165, 1.54) is 24.3 Å². The molecule has 0 bridgehead atoms. The zero-order valence-corrected chi connectivity index (χ0v) is 21.5. The van der Waals surface area contributed by atoms with Crippen LogP contribution in [0.3, 0.4) is 0 Å². The van der Waals surface area contributed by atoms with Crippen LogP contribution in [0.25, 0.3) is 0 Å². The van der Waals surface area contributed by atoms with E-state index in [9.17, 15) is 30.8 Å². The van der Waals surface area contributed by atoms with Gasteiger partial charge in [-0.25, -0.2) is 12.8 Å². The first-order valence-electron chi connectivity index (χ1n) is 11.8. The molecule has 196 valence electrons. The second-order valence-electron chi connectivity index (χ2n) is 9.55. The standard InChI is InChI=1S/C24H25FN4O6S2/c1-36(32,33)27-16-10-11-18-20(12-16)37(34,35)28-23(26-18)21-22(30)17-4-2-3-5-19(17)29(24(21)31)13-14-6-8-15(25)9-7-14/h6-12,17,19,21,27H,2-5,13H2,1H3,(H,26,28). The third kappa shape index (κ3) is 4.97. The lowest BCUT2D eigenvalue weighted by Crippen LogP contribution is -2.60. The van der Waals surface area contributed by atoms with Crippen molar-refractivity contribution in [2.24, 2.45) is 16.2 Å². The number of sulfonamides is 2. The van der Waals surface area contributed by atoms with Crippen molar-refractivity contribution in [1.29, 1.82) is 0 Å². The smallest absolute Gasteiger partial charge is 0.286 e. The van der Waals surface area contributed by atoms with Crippen LogP contribution in [0.2, 0.25) is 0 Å². The number of amides is 1. The molecule has 2 heterocycles. The number of nitrogens with one attached hydrogen (secondary N) is 2. The van der Waals surface area contributed by atoms with Gasteiger partial charge >= 0.3 is 0 Å². The number of fused-ring (bicyclic) bond motifs is 2. The van der Waals surface area contributed by atoms with Gasteiger partial charge in [-0.2, -0.15) is 8.42 Å². The molecule has 2 aromatic carbocycles. The van der Waals surface area contributed by atoms with Crippen molar-refractivity contribution in [1.82, 2.24) is 4.90 Å². The number of carbonyl (C=O) groups is 2. The monoisotopic (exact) mass is 548 g/mol. The number of nitrogens with zero attached hydrogens (tertiary/aromatic N) is 2. The summed E-state index contributed by atoms with van der Waals surface area (Å²) in [6.45, 7) is 0.154. The summed E-state index contributed by atoms with van der Waals surface area (Å²) in [4.78, 5) is 28.6. The fraction of sp³-hybridized carbons (Fsp3) is 0.375. The predicted molar refractivity (Wildman–Crippen MR) is 134 cm³/mol. The van der Waals surface area contributed by atoms with E-state index in [0.717, 1.165) is 25.2 Å². The Kier molecular flexibility index (Phi) is 6.31. The number of piperidine rings is 1. The van der Waals surface area contributed by atoms with Crippen LogP contribution < -0.4 is 10.0 Å². The van der Waals surface area contributed by atoms with Gasteiger partial charge in [-0.3, -0.25) is 14.3 Å². The molecule has 3 unspecified atom stereocenters. The van der Waals surface area contributed by atoms with Gasteiger partial charge < -0.3 is 10.2 Å². The van der Waals surface area contributed by atoms with Crippen LogP contribution in [0.4, 0.5) is 15.8 Å². The molecule has 37 heavy (non-hydrogen) atoms. The Morgan fingerprint density at radius 3 is 2.51 bits per heavy atom. The van der Waals surface area contributed by atoms with Crippen LogP contribution in [0, 0.1) is 17.7 Å². The first-order valence-corrected chi connectivity index (χ1v) is 15.1. The Bertz CT molecular complexity index is 1520. The number of anilines is 2. The minimum absolute atomic E-state index is 0.0330. The summed E-state index contributed by atoms with van der Waals surface area (Å²) < 4.78 is 68.7. The normalized spacial score (nSPS) is 25.0. The Morgan fingerprint density at radius 2 is 1.81 bits per heavy atom. The molecule has 13 heteroatoms. The molecule has 1 amide bonds. The minimum atomic E-state index is -4.35. The molecular weight excluding hydrogens is 523 g/mol. The minimum Gasteiger partial charge on any atom is -0.341 e. The van der Waals surface area contributed by atoms with Crippen LogP contribution in [0.1, 0.15) is 31.2 Å². The second-order valence-corrected chi connectivity index (χ2v) is 12.9. The maximum Gasteiger partial charge on any atom is 0.286 e. The summed E-state index contributed by atoms with van der Waals surface area (Å²) >= 11 is 0. The second kappa shape index (κ2) is 9.21. The number of amidine groups is 1. The lowest BCUT2D eigenvalue weighted by Gasteiger charge is -2.46. The number of Topliss-reactive ketones (excluding diaryl/α,β-unsaturated/α-hetero) is 1. The maximum atomic E-state index is 13.7. The largest absolute Gasteiger partial charge is 0.341 e. The van der Waals surface area contributed by atoms with Crippen molar-refractivity contribution in [3.8, 4) is 0 Å². The average Bonchev–Trinajstić information content (AvgIpc) is 2.82. The molecule has 0 radical (unpaired) electrons. The van der Waals surface area contributed by atoms with Crippen molar-refractivity contribution in [3.05, 3.63) is 53.8 Å². The molecule has 0 aromatic heterocycles. The van der Waals surface area contributed by atoms with E-state index < -0.39 is 43.6 Å². The Morgan fingerprint density at radius 1 is 1.11 bits per heavy atom. The van der Waals surface area contributed by atoms with Crippen molar-refractivity contribution >= 4 is 48.9 Å². The number of hydrogen-bond acceptors (Lipinski definition) is 7. The van der Waals surface area contributed by atoms with Crippen LogP contribution in [-0.4, -0.2) is 51.6 Å². The molecule has 2 aliphatic heterocycles. The van der Waals surface area contributed by atoms with Gasteiger partial charge in [0.2, 0.25) is 15.9 Å². The highest BCUT2D eigenvalue weighted by molar-refractivity contribution is 7.92. The van der Waals surface area contributed by atoms with E-state index in [4.69, 9.17) is 0 Å². The Hall–Kier alpha value is -3.32. The molecule has 5 rings (SSSR count). The number of rotatable bonds is 5. The molecule has 1 saturated heterocycles. The summed E-state index contributed by atoms with van der Waals surface area (Å²) in [6.07, 6.45) is 3.83. The zero-order valence-electron chi connectivity index (χ0n) is 19.8. The molecule has 0 spiro atoms. The summed E-state index contributed by atoms with van der Waals surface area (Å²) in [5.41, 5.74) is 0.806. The molecule has 2 aromatic rings. The predicted octanol–water partition coefficient (Wildman–Crippen LogP) is 2.50. The van der Waals surface area contributed by atoms with Crippen molar-refractivity contribution in [3.63, 3.8) is 0 Å². The molecular formula is C24H25FN4O6S2. The SMILES string of the molecule is CS(=O)(=O)Nc1ccc2c(c1)S(=O)(=O)N=C(C1C(=O)C3CCCCC3N(Cc3ccc(F)cc3)C1=O)N2. The summed E-state index contributed by atoms with van der Waals surface area (Å²) in [5.74, 6) is -3.51. The van der Waals surface area contributed by atoms with Gasteiger partial charge in [0.1, 0.15) is 16.5 Å². The molecule has 3 aliphatic rings. The van der Waals surface area contributed by atoms with E-state index in [1.54, 1.807) is 17.0 Å². The van der Waals surface area contributed by atoms with E-state index >= 15 is 0 Å². The average molecular weight is 549 g/mol. The third-order valence-electron chi connectivity index (χ3n) is 6.89. The highest BCUT2D eigenvalue weighted by atomic mass is 32.2.